The molecule has 1 aliphatic heterocycles. The lowest BCUT2D eigenvalue weighted by Crippen LogP contribution is -2.38. The Bertz CT molecular complexity index is 1370. The van der Waals surface area contributed by atoms with E-state index >= 15 is 0 Å². The van der Waals surface area contributed by atoms with Gasteiger partial charge in [-0.25, -0.2) is 0 Å². The Kier molecular flexibility index (Phi) is 7.08. The Hall–Kier alpha value is -3.21. The zero-order chi connectivity index (χ0) is 25.2. The number of carbonyl (C=O) groups excluding carboxylic acids is 2. The smallest absolute Gasteiger partial charge is 0.315 e. The molecule has 1 heterocycles. The van der Waals surface area contributed by atoms with Gasteiger partial charge in [0.25, 0.3) is 0 Å². The molecule has 4 nitrogen and oxygen atoms in total. The van der Waals surface area contributed by atoms with Gasteiger partial charge in [-0.15, -0.1) is 0 Å². The molecule has 0 fully saturated rings. The van der Waals surface area contributed by atoms with Crippen LogP contribution in [0.25, 0.3) is 0 Å². The van der Waals surface area contributed by atoms with Crippen LogP contribution in [0.4, 0.5) is 0 Å². The molecular formula is C30H25Cl2NO3. The first-order chi connectivity index (χ1) is 17.4. The minimum Gasteiger partial charge on any atom is -0.460 e. The third-order valence-corrected chi connectivity index (χ3v) is 7.50. The molecule has 0 spiro atoms. The predicted molar refractivity (Wildman–Crippen MR) is 142 cm³/mol. The third kappa shape index (κ3) is 4.88. The van der Waals surface area contributed by atoms with E-state index in [1.54, 1.807) is 18.2 Å². The molecule has 0 saturated heterocycles. The van der Waals surface area contributed by atoms with E-state index in [1.807, 2.05) is 67.6 Å². The molecule has 0 bridgehead atoms. The van der Waals surface area contributed by atoms with Crippen LogP contribution in [0.3, 0.4) is 0 Å². The van der Waals surface area contributed by atoms with Crippen LogP contribution in [0.5, 0.6) is 0 Å². The maximum atomic E-state index is 13.7. The van der Waals surface area contributed by atoms with Crippen molar-refractivity contribution in [2.45, 2.75) is 38.2 Å². The van der Waals surface area contributed by atoms with Gasteiger partial charge in [0.15, 0.2) is 5.78 Å². The summed E-state index contributed by atoms with van der Waals surface area (Å²) in [6.07, 6.45) is 0.973. The first kappa shape index (κ1) is 24.5. The summed E-state index contributed by atoms with van der Waals surface area (Å²) in [5.74, 6) is -1.76. The van der Waals surface area contributed by atoms with Gasteiger partial charge in [-0.1, -0.05) is 89.9 Å². The number of nitrogens with zero attached hydrogens (tertiary/aromatic N) is 1. The lowest BCUT2D eigenvalue weighted by atomic mass is 9.69. The van der Waals surface area contributed by atoms with E-state index in [-0.39, 0.29) is 18.3 Å². The normalized spacial score (nSPS) is 21.6. The number of ketones is 1. The third-order valence-electron chi connectivity index (χ3n) is 6.93. The largest absolute Gasteiger partial charge is 0.460 e. The van der Waals surface area contributed by atoms with E-state index in [4.69, 9.17) is 32.9 Å². The Balaban J connectivity index is 1.54. The van der Waals surface area contributed by atoms with Crippen LogP contribution in [0.2, 0.25) is 10.0 Å². The van der Waals surface area contributed by atoms with E-state index in [2.05, 4.69) is 0 Å². The van der Waals surface area contributed by atoms with Gasteiger partial charge >= 0.3 is 5.97 Å². The molecule has 0 amide bonds. The summed E-state index contributed by atoms with van der Waals surface area (Å²) in [5.41, 5.74) is 4.56. The fourth-order valence-corrected chi connectivity index (χ4v) is 5.76. The Morgan fingerprint density at radius 2 is 1.67 bits per heavy atom. The summed E-state index contributed by atoms with van der Waals surface area (Å²) < 4.78 is 5.74. The van der Waals surface area contributed by atoms with E-state index in [0.29, 0.717) is 39.7 Å². The minimum atomic E-state index is -0.761. The Labute approximate surface area is 220 Å². The first-order valence-electron chi connectivity index (χ1n) is 11.9. The van der Waals surface area contributed by atoms with Crippen LogP contribution in [0.15, 0.2) is 95.1 Å². The summed E-state index contributed by atoms with van der Waals surface area (Å²) in [4.78, 5) is 32.0. The van der Waals surface area contributed by atoms with Gasteiger partial charge in [0.05, 0.1) is 0 Å². The van der Waals surface area contributed by atoms with E-state index in [0.717, 1.165) is 16.8 Å². The maximum Gasteiger partial charge on any atom is 0.315 e. The van der Waals surface area contributed by atoms with Crippen molar-refractivity contribution in [2.24, 2.45) is 10.9 Å². The summed E-state index contributed by atoms with van der Waals surface area (Å²) in [6.45, 7) is 1.96. The number of aliphatic imine (C=N–C) groups is 1. The topological polar surface area (TPSA) is 55.7 Å². The highest BCUT2D eigenvalue weighted by Gasteiger charge is 2.45. The zero-order valence-electron chi connectivity index (χ0n) is 19.8. The second kappa shape index (κ2) is 10.4. The molecule has 3 aromatic rings. The van der Waals surface area contributed by atoms with Crippen molar-refractivity contribution >= 4 is 40.7 Å². The number of rotatable bonds is 5. The average molecular weight is 518 g/mol. The van der Waals surface area contributed by atoms with Crippen molar-refractivity contribution in [3.63, 3.8) is 0 Å². The molecule has 0 aromatic heterocycles. The number of allylic oxidation sites excluding steroid dienone is 2. The zero-order valence-corrected chi connectivity index (χ0v) is 21.3. The fraction of sp³-hybridized carbons (Fsp3) is 0.233. The number of benzene rings is 3. The number of ether oxygens (including phenoxy) is 1. The monoisotopic (exact) mass is 517 g/mol. The SMILES string of the molecule is CC1=NC2=C(C(=O)C[C@@H](c3ccccc3)C2)[C@H](c2ccc(Cl)cc2Cl)C1C(=O)OCc1ccccc1. The number of Topliss-reactive ketones (excluding diaryl/α,β-unsaturated/α-hetero) is 1. The second-order valence-electron chi connectivity index (χ2n) is 9.27. The molecule has 3 atom stereocenters. The van der Waals surface area contributed by atoms with Crippen molar-refractivity contribution in [3.8, 4) is 0 Å². The van der Waals surface area contributed by atoms with Crippen molar-refractivity contribution in [2.75, 3.05) is 0 Å². The molecule has 0 N–H and O–H groups in total. The minimum absolute atomic E-state index is 0.0155. The number of hydrogen-bond donors (Lipinski definition) is 0. The van der Waals surface area contributed by atoms with Gasteiger partial charge in [0, 0.05) is 39.4 Å². The van der Waals surface area contributed by atoms with E-state index < -0.39 is 17.8 Å². The lowest BCUT2D eigenvalue weighted by Gasteiger charge is -2.36. The molecule has 182 valence electrons. The van der Waals surface area contributed by atoms with Gasteiger partial charge in [0.1, 0.15) is 12.5 Å². The molecule has 3 aromatic carbocycles. The summed E-state index contributed by atoms with van der Waals surface area (Å²) >= 11 is 12.8. The highest BCUT2D eigenvalue weighted by Crippen LogP contribution is 2.48. The Morgan fingerprint density at radius 3 is 2.36 bits per heavy atom. The molecule has 0 radical (unpaired) electrons. The molecule has 6 heteroatoms. The van der Waals surface area contributed by atoms with Crippen molar-refractivity contribution < 1.29 is 14.3 Å². The number of esters is 1. The van der Waals surface area contributed by atoms with Crippen LogP contribution in [-0.2, 0) is 20.9 Å². The molecule has 1 unspecified atom stereocenters. The van der Waals surface area contributed by atoms with Crippen LogP contribution >= 0.6 is 23.2 Å². The summed E-state index contributed by atoms with van der Waals surface area (Å²) in [5, 5.41) is 0.898. The maximum absolute atomic E-state index is 13.7. The van der Waals surface area contributed by atoms with Crippen LogP contribution in [0, 0.1) is 5.92 Å². The standard InChI is InChI=1S/C30H25Cl2NO3/c1-18-27(30(35)36-17-19-8-4-2-5-9-19)28(23-13-12-22(31)16-24(23)32)29-25(33-18)14-21(15-26(29)34)20-10-6-3-7-11-20/h2-13,16,21,27-28H,14-15,17H2,1H3/t21-,27?,28+/m0/s1. The van der Waals surface area contributed by atoms with Gasteiger partial charge < -0.3 is 4.74 Å². The van der Waals surface area contributed by atoms with Crippen LogP contribution in [-0.4, -0.2) is 17.5 Å². The van der Waals surface area contributed by atoms with Crippen molar-refractivity contribution in [1.82, 2.24) is 0 Å². The summed E-state index contributed by atoms with van der Waals surface area (Å²) in [7, 11) is 0. The molecular weight excluding hydrogens is 493 g/mol. The fourth-order valence-electron chi connectivity index (χ4n) is 5.23. The van der Waals surface area contributed by atoms with E-state index in [9.17, 15) is 9.59 Å². The molecule has 2 aliphatic rings. The van der Waals surface area contributed by atoms with Crippen LogP contribution < -0.4 is 0 Å². The number of carbonyl (C=O) groups is 2. The van der Waals surface area contributed by atoms with Gasteiger partial charge in [-0.3, -0.25) is 14.6 Å². The second-order valence-corrected chi connectivity index (χ2v) is 10.1. The van der Waals surface area contributed by atoms with Gasteiger partial charge in [0.2, 0.25) is 0 Å². The lowest BCUT2D eigenvalue weighted by molar-refractivity contribution is -0.148. The molecule has 0 saturated carbocycles. The van der Waals surface area contributed by atoms with E-state index in [1.165, 1.54) is 0 Å². The quantitative estimate of drug-likeness (QED) is 0.333. The highest BCUT2D eigenvalue weighted by atomic mass is 35.5. The summed E-state index contributed by atoms with van der Waals surface area (Å²) in [6, 6.07) is 24.7. The number of halogens is 2. The number of hydrogen-bond acceptors (Lipinski definition) is 4. The average Bonchev–Trinajstić information content (AvgIpc) is 2.87. The van der Waals surface area contributed by atoms with Gasteiger partial charge in [-0.2, -0.15) is 0 Å². The van der Waals surface area contributed by atoms with Crippen LogP contribution in [0.1, 0.15) is 48.3 Å². The first-order valence-corrected chi connectivity index (χ1v) is 12.7. The Morgan fingerprint density at radius 1 is 0.972 bits per heavy atom. The molecule has 5 rings (SSSR count). The molecule has 1 aliphatic carbocycles. The highest BCUT2D eigenvalue weighted by molar-refractivity contribution is 6.35. The van der Waals surface area contributed by atoms with Crippen molar-refractivity contribution in [1.29, 1.82) is 0 Å². The van der Waals surface area contributed by atoms with Crippen molar-refractivity contribution in [3.05, 3.63) is 117 Å². The predicted octanol–water partition coefficient (Wildman–Crippen LogP) is 7.31. The molecule has 36 heavy (non-hydrogen) atoms. The van der Waals surface area contributed by atoms with Gasteiger partial charge in [-0.05, 0) is 48.1 Å².